The Bertz CT molecular complexity index is 476. The summed E-state index contributed by atoms with van der Waals surface area (Å²) in [5, 5.41) is 14.1. The molecule has 17 heavy (non-hydrogen) atoms. The Morgan fingerprint density at radius 3 is 2.59 bits per heavy atom. The Hall–Kier alpha value is -1.81. The minimum absolute atomic E-state index is 0.517. The Kier molecular flexibility index (Phi) is 3.44. The number of aliphatic hydroxyl groups is 1. The van der Waals surface area contributed by atoms with Gasteiger partial charge in [0.15, 0.2) is 0 Å². The lowest BCUT2D eigenvalue weighted by Crippen LogP contribution is -2.00. The largest absolute Gasteiger partial charge is 0.497 e. The molecule has 1 aromatic carbocycles. The number of benzene rings is 1. The van der Waals surface area contributed by atoms with Gasteiger partial charge in [0.25, 0.3) is 0 Å². The van der Waals surface area contributed by atoms with Crippen molar-refractivity contribution in [1.29, 1.82) is 0 Å². The lowest BCUT2D eigenvalue weighted by atomic mass is 10.0. The molecule has 0 spiro atoms. The van der Waals surface area contributed by atoms with Crippen LogP contribution in [0.5, 0.6) is 5.75 Å². The second-order valence-corrected chi connectivity index (χ2v) is 4.02. The molecule has 0 saturated carbocycles. The number of hydrogen-bond donors (Lipinski definition) is 1. The molecule has 0 radical (unpaired) electrons. The molecule has 0 aliphatic heterocycles. The molecule has 1 unspecified atom stereocenters. The molecule has 0 saturated heterocycles. The minimum Gasteiger partial charge on any atom is -0.497 e. The van der Waals surface area contributed by atoms with Gasteiger partial charge in [0.2, 0.25) is 0 Å². The number of nitrogens with zero attached hydrogens (tertiary/aromatic N) is 2. The second kappa shape index (κ2) is 5.01. The first-order valence-electron chi connectivity index (χ1n) is 5.48. The van der Waals surface area contributed by atoms with Crippen LogP contribution in [0.1, 0.15) is 17.2 Å². The molecule has 0 aliphatic rings. The molecule has 0 fully saturated rings. The molecular formula is C13H16N2O2. The maximum absolute atomic E-state index is 10.0. The molecule has 1 heterocycles. The fourth-order valence-electron chi connectivity index (χ4n) is 1.71. The normalized spacial score (nSPS) is 12.4. The first-order valence-corrected chi connectivity index (χ1v) is 5.48. The van der Waals surface area contributed by atoms with Crippen molar-refractivity contribution in [2.24, 2.45) is 7.05 Å². The zero-order chi connectivity index (χ0) is 12.3. The third kappa shape index (κ3) is 2.85. The van der Waals surface area contributed by atoms with E-state index in [4.69, 9.17) is 4.74 Å². The van der Waals surface area contributed by atoms with E-state index in [2.05, 4.69) is 5.10 Å². The minimum atomic E-state index is -0.517. The average Bonchev–Trinajstić information content (AvgIpc) is 2.77. The van der Waals surface area contributed by atoms with Crippen LogP contribution < -0.4 is 4.74 Å². The Balaban J connectivity index is 2.04. The molecule has 1 N–H and O–H groups in total. The SMILES string of the molecule is COc1ccc(CC(O)c2cnn(C)c2)cc1. The van der Waals surface area contributed by atoms with Gasteiger partial charge in [0.1, 0.15) is 5.75 Å². The van der Waals surface area contributed by atoms with Crippen LogP contribution in [0.4, 0.5) is 0 Å². The summed E-state index contributed by atoms with van der Waals surface area (Å²) in [4.78, 5) is 0. The van der Waals surface area contributed by atoms with Crippen LogP contribution in [0.3, 0.4) is 0 Å². The fraction of sp³-hybridized carbons (Fsp3) is 0.308. The van der Waals surface area contributed by atoms with Gasteiger partial charge >= 0.3 is 0 Å². The topological polar surface area (TPSA) is 47.3 Å². The van der Waals surface area contributed by atoms with Crippen molar-refractivity contribution in [2.75, 3.05) is 7.11 Å². The van der Waals surface area contributed by atoms with Crippen LogP contribution >= 0.6 is 0 Å². The Morgan fingerprint density at radius 1 is 1.35 bits per heavy atom. The first kappa shape index (κ1) is 11.7. The van der Waals surface area contributed by atoms with Crippen molar-refractivity contribution in [2.45, 2.75) is 12.5 Å². The summed E-state index contributed by atoms with van der Waals surface area (Å²) in [6.45, 7) is 0. The van der Waals surface area contributed by atoms with Gasteiger partial charge in [-0.3, -0.25) is 4.68 Å². The highest BCUT2D eigenvalue weighted by molar-refractivity contribution is 5.28. The smallest absolute Gasteiger partial charge is 0.118 e. The maximum Gasteiger partial charge on any atom is 0.118 e. The van der Waals surface area contributed by atoms with E-state index in [1.165, 1.54) is 0 Å². The van der Waals surface area contributed by atoms with Crippen LogP contribution in [-0.2, 0) is 13.5 Å². The summed E-state index contributed by atoms with van der Waals surface area (Å²) in [7, 11) is 3.48. The van der Waals surface area contributed by atoms with Crippen molar-refractivity contribution in [3.63, 3.8) is 0 Å². The number of hydrogen-bond acceptors (Lipinski definition) is 3. The Labute approximate surface area is 100 Å². The van der Waals surface area contributed by atoms with E-state index in [1.807, 2.05) is 37.5 Å². The maximum atomic E-state index is 10.0. The third-order valence-corrected chi connectivity index (χ3v) is 2.70. The molecule has 0 aliphatic carbocycles. The number of aromatic nitrogens is 2. The zero-order valence-electron chi connectivity index (χ0n) is 10.00. The Morgan fingerprint density at radius 2 is 2.06 bits per heavy atom. The summed E-state index contributed by atoms with van der Waals surface area (Å²) in [5.41, 5.74) is 1.91. The van der Waals surface area contributed by atoms with Gasteiger partial charge in [-0.2, -0.15) is 5.10 Å². The predicted molar refractivity (Wildman–Crippen MR) is 64.9 cm³/mol. The van der Waals surface area contributed by atoms with Crippen molar-refractivity contribution in [1.82, 2.24) is 9.78 Å². The summed E-state index contributed by atoms with van der Waals surface area (Å²) in [6.07, 6.45) is 3.58. The number of aryl methyl sites for hydroxylation is 1. The summed E-state index contributed by atoms with van der Waals surface area (Å²) >= 11 is 0. The van der Waals surface area contributed by atoms with Crippen LogP contribution in [0, 0.1) is 0 Å². The van der Waals surface area contributed by atoms with Gasteiger partial charge in [-0.15, -0.1) is 0 Å². The highest BCUT2D eigenvalue weighted by Crippen LogP contribution is 2.19. The van der Waals surface area contributed by atoms with Crippen molar-refractivity contribution in [3.8, 4) is 5.75 Å². The molecule has 2 rings (SSSR count). The highest BCUT2D eigenvalue weighted by atomic mass is 16.5. The second-order valence-electron chi connectivity index (χ2n) is 4.02. The molecule has 2 aromatic rings. The van der Waals surface area contributed by atoms with Crippen molar-refractivity contribution < 1.29 is 9.84 Å². The quantitative estimate of drug-likeness (QED) is 0.872. The molecule has 4 nitrogen and oxygen atoms in total. The van der Waals surface area contributed by atoms with Crippen LogP contribution in [0.15, 0.2) is 36.7 Å². The first-order chi connectivity index (χ1) is 8.19. The van der Waals surface area contributed by atoms with E-state index in [9.17, 15) is 5.11 Å². The fourth-order valence-corrected chi connectivity index (χ4v) is 1.71. The van der Waals surface area contributed by atoms with E-state index < -0.39 is 6.10 Å². The predicted octanol–water partition coefficient (Wildman–Crippen LogP) is 1.70. The summed E-state index contributed by atoms with van der Waals surface area (Å²) in [6, 6.07) is 7.70. The van der Waals surface area contributed by atoms with E-state index in [0.717, 1.165) is 16.9 Å². The highest BCUT2D eigenvalue weighted by Gasteiger charge is 2.10. The van der Waals surface area contributed by atoms with Gasteiger partial charge < -0.3 is 9.84 Å². The number of rotatable bonds is 4. The van der Waals surface area contributed by atoms with Gasteiger partial charge in [0.05, 0.1) is 19.4 Å². The van der Waals surface area contributed by atoms with E-state index in [-0.39, 0.29) is 0 Å². The molecule has 0 bridgehead atoms. The molecule has 0 amide bonds. The van der Waals surface area contributed by atoms with Crippen LogP contribution in [0.2, 0.25) is 0 Å². The van der Waals surface area contributed by atoms with Gasteiger partial charge in [-0.05, 0) is 17.7 Å². The van der Waals surface area contributed by atoms with E-state index >= 15 is 0 Å². The van der Waals surface area contributed by atoms with Gasteiger partial charge in [0, 0.05) is 25.2 Å². The third-order valence-electron chi connectivity index (χ3n) is 2.70. The number of ether oxygens (including phenoxy) is 1. The summed E-state index contributed by atoms with van der Waals surface area (Å²) in [5.74, 6) is 0.824. The lowest BCUT2D eigenvalue weighted by molar-refractivity contribution is 0.178. The molecule has 1 aromatic heterocycles. The van der Waals surface area contributed by atoms with E-state index in [0.29, 0.717) is 6.42 Å². The lowest BCUT2D eigenvalue weighted by Gasteiger charge is -2.08. The number of aliphatic hydroxyl groups excluding tert-OH is 1. The van der Waals surface area contributed by atoms with Gasteiger partial charge in [-0.25, -0.2) is 0 Å². The molecule has 1 atom stereocenters. The average molecular weight is 232 g/mol. The monoisotopic (exact) mass is 232 g/mol. The zero-order valence-corrected chi connectivity index (χ0v) is 10.00. The standard InChI is InChI=1S/C13H16N2O2/c1-15-9-11(8-14-15)13(16)7-10-3-5-12(17-2)6-4-10/h3-6,8-9,13,16H,7H2,1-2H3. The number of methoxy groups -OCH3 is 1. The van der Waals surface area contributed by atoms with E-state index in [1.54, 1.807) is 18.0 Å². The van der Waals surface area contributed by atoms with Crippen molar-refractivity contribution in [3.05, 3.63) is 47.8 Å². The molecular weight excluding hydrogens is 216 g/mol. The van der Waals surface area contributed by atoms with Crippen molar-refractivity contribution >= 4 is 0 Å². The van der Waals surface area contributed by atoms with Crippen LogP contribution in [0.25, 0.3) is 0 Å². The summed E-state index contributed by atoms with van der Waals surface area (Å²) < 4.78 is 6.77. The van der Waals surface area contributed by atoms with Gasteiger partial charge in [-0.1, -0.05) is 12.1 Å². The molecule has 4 heteroatoms. The van der Waals surface area contributed by atoms with Crippen LogP contribution in [-0.4, -0.2) is 22.0 Å². The molecule has 90 valence electrons.